The second-order valence-electron chi connectivity index (χ2n) is 5.08. The number of likely N-dealkylation sites (tertiary alicyclic amines) is 1. The van der Waals surface area contributed by atoms with Gasteiger partial charge in [0.1, 0.15) is 5.76 Å². The van der Waals surface area contributed by atoms with Crippen LogP contribution in [0.4, 0.5) is 0 Å². The van der Waals surface area contributed by atoms with Crippen molar-refractivity contribution < 1.29 is 4.42 Å². The number of halogens is 1. The Labute approximate surface area is 112 Å². The van der Waals surface area contributed by atoms with E-state index in [9.17, 15) is 0 Å². The van der Waals surface area contributed by atoms with Gasteiger partial charge in [-0.1, -0.05) is 0 Å². The molecule has 3 unspecified atom stereocenters. The summed E-state index contributed by atoms with van der Waals surface area (Å²) in [6.45, 7) is 5.63. The fourth-order valence-corrected chi connectivity index (χ4v) is 2.76. The van der Waals surface area contributed by atoms with Crippen LogP contribution in [0.3, 0.4) is 0 Å². The highest BCUT2D eigenvalue weighted by atomic mass is 79.9. The summed E-state index contributed by atoms with van der Waals surface area (Å²) in [5.41, 5.74) is 0. The molecule has 0 spiro atoms. The average Bonchev–Trinajstić information content (AvgIpc) is 2.70. The minimum absolute atomic E-state index is 0.280. The van der Waals surface area contributed by atoms with E-state index in [1.54, 1.807) is 0 Å². The summed E-state index contributed by atoms with van der Waals surface area (Å²) in [4.78, 5) is 2.42. The topological polar surface area (TPSA) is 28.4 Å². The molecule has 0 radical (unpaired) electrons. The van der Waals surface area contributed by atoms with Gasteiger partial charge in [-0.3, -0.25) is 0 Å². The molecule has 1 N–H and O–H groups in total. The lowest BCUT2D eigenvalue weighted by Crippen LogP contribution is -2.46. The van der Waals surface area contributed by atoms with Crippen LogP contribution in [0.5, 0.6) is 0 Å². The Morgan fingerprint density at radius 1 is 1.53 bits per heavy atom. The van der Waals surface area contributed by atoms with Crippen LogP contribution >= 0.6 is 15.9 Å². The molecule has 3 atom stereocenters. The third kappa shape index (κ3) is 3.33. The molecule has 1 aromatic rings. The van der Waals surface area contributed by atoms with Gasteiger partial charge in [-0.2, -0.15) is 0 Å². The second kappa shape index (κ2) is 5.55. The molecule has 0 amide bonds. The summed E-state index contributed by atoms with van der Waals surface area (Å²) in [7, 11) is 2.20. The van der Waals surface area contributed by atoms with Gasteiger partial charge in [0.15, 0.2) is 4.67 Å². The van der Waals surface area contributed by atoms with Gasteiger partial charge in [0.05, 0.1) is 6.04 Å². The van der Waals surface area contributed by atoms with Crippen LogP contribution < -0.4 is 5.32 Å². The van der Waals surface area contributed by atoms with Crippen molar-refractivity contribution in [3.05, 3.63) is 22.6 Å². The molecule has 2 heterocycles. The molecule has 1 aliphatic rings. The highest BCUT2D eigenvalue weighted by molar-refractivity contribution is 9.10. The molecule has 1 aromatic heterocycles. The summed E-state index contributed by atoms with van der Waals surface area (Å²) >= 11 is 3.34. The van der Waals surface area contributed by atoms with E-state index >= 15 is 0 Å². The predicted molar refractivity (Wildman–Crippen MR) is 73.1 cm³/mol. The minimum Gasteiger partial charge on any atom is -0.453 e. The van der Waals surface area contributed by atoms with Crippen molar-refractivity contribution in [2.45, 2.75) is 44.8 Å². The Morgan fingerprint density at radius 2 is 2.29 bits per heavy atom. The molecule has 0 saturated carbocycles. The molecular formula is C13H21BrN2O. The van der Waals surface area contributed by atoms with Crippen molar-refractivity contribution in [1.29, 1.82) is 0 Å². The number of hydrogen-bond donors (Lipinski definition) is 1. The van der Waals surface area contributed by atoms with Gasteiger partial charge in [-0.15, -0.1) is 0 Å². The van der Waals surface area contributed by atoms with E-state index in [1.165, 1.54) is 19.4 Å². The van der Waals surface area contributed by atoms with Gasteiger partial charge in [-0.25, -0.2) is 0 Å². The Kier molecular flexibility index (Phi) is 4.28. The van der Waals surface area contributed by atoms with Gasteiger partial charge < -0.3 is 14.6 Å². The van der Waals surface area contributed by atoms with Crippen LogP contribution in [-0.2, 0) is 0 Å². The first-order valence-electron chi connectivity index (χ1n) is 6.28. The summed E-state index contributed by atoms with van der Waals surface area (Å²) in [5, 5.41) is 3.66. The Balaban J connectivity index is 1.89. The number of nitrogens with zero attached hydrogens (tertiary/aromatic N) is 1. The van der Waals surface area contributed by atoms with E-state index in [2.05, 4.69) is 47.0 Å². The summed E-state index contributed by atoms with van der Waals surface area (Å²) in [6, 6.07) is 5.52. The van der Waals surface area contributed by atoms with Crippen molar-refractivity contribution in [2.24, 2.45) is 0 Å². The maximum Gasteiger partial charge on any atom is 0.169 e. The van der Waals surface area contributed by atoms with Gasteiger partial charge in [0.2, 0.25) is 0 Å². The second-order valence-corrected chi connectivity index (χ2v) is 5.86. The van der Waals surface area contributed by atoms with Crippen LogP contribution in [0.2, 0.25) is 0 Å². The van der Waals surface area contributed by atoms with Crippen molar-refractivity contribution >= 4 is 15.9 Å². The number of nitrogens with one attached hydrogen (secondary N) is 1. The predicted octanol–water partition coefficient (Wildman–Crippen LogP) is 3.18. The van der Waals surface area contributed by atoms with Gasteiger partial charge in [0.25, 0.3) is 0 Å². The van der Waals surface area contributed by atoms with Crippen LogP contribution in [0.15, 0.2) is 21.2 Å². The van der Waals surface area contributed by atoms with E-state index in [4.69, 9.17) is 4.42 Å². The fourth-order valence-electron chi connectivity index (χ4n) is 2.44. The quantitative estimate of drug-likeness (QED) is 0.929. The third-order valence-electron chi connectivity index (χ3n) is 3.71. The average molecular weight is 301 g/mol. The lowest BCUT2D eigenvalue weighted by atomic mass is 9.98. The zero-order chi connectivity index (χ0) is 12.4. The first-order chi connectivity index (χ1) is 8.06. The largest absolute Gasteiger partial charge is 0.453 e. The zero-order valence-corrected chi connectivity index (χ0v) is 12.3. The van der Waals surface area contributed by atoms with Crippen molar-refractivity contribution in [1.82, 2.24) is 10.2 Å². The Morgan fingerprint density at radius 3 is 2.88 bits per heavy atom. The maximum absolute atomic E-state index is 5.58. The zero-order valence-electron chi connectivity index (χ0n) is 10.7. The van der Waals surface area contributed by atoms with Gasteiger partial charge >= 0.3 is 0 Å². The van der Waals surface area contributed by atoms with Crippen LogP contribution in [0.25, 0.3) is 0 Å². The summed E-state index contributed by atoms with van der Waals surface area (Å²) in [5.74, 6) is 1.00. The lowest BCUT2D eigenvalue weighted by molar-refractivity contribution is 0.161. The molecule has 1 fully saturated rings. The Hall–Kier alpha value is -0.320. The van der Waals surface area contributed by atoms with E-state index < -0.39 is 0 Å². The molecule has 96 valence electrons. The highest BCUT2D eigenvalue weighted by Gasteiger charge is 2.24. The minimum atomic E-state index is 0.280. The van der Waals surface area contributed by atoms with E-state index in [0.29, 0.717) is 12.1 Å². The molecule has 0 aromatic carbocycles. The third-order valence-corrected chi connectivity index (χ3v) is 4.14. The van der Waals surface area contributed by atoms with Crippen molar-refractivity contribution in [2.75, 3.05) is 13.6 Å². The number of piperidine rings is 1. The van der Waals surface area contributed by atoms with Gasteiger partial charge in [-0.05, 0) is 68.3 Å². The monoisotopic (exact) mass is 300 g/mol. The van der Waals surface area contributed by atoms with Crippen molar-refractivity contribution in [3.63, 3.8) is 0 Å². The first kappa shape index (κ1) is 13.1. The summed E-state index contributed by atoms with van der Waals surface area (Å²) < 4.78 is 6.38. The molecule has 1 aliphatic heterocycles. The summed E-state index contributed by atoms with van der Waals surface area (Å²) in [6.07, 6.45) is 2.43. The first-order valence-corrected chi connectivity index (χ1v) is 7.07. The molecule has 2 rings (SSSR count). The standard InChI is InChI=1S/C13H21BrN2O/c1-9-8-11(6-7-16(9)3)15-10(2)12-4-5-13(14)17-12/h4-5,9-11,15H,6-8H2,1-3H3. The molecule has 3 nitrogen and oxygen atoms in total. The van der Waals surface area contributed by atoms with Crippen molar-refractivity contribution in [3.8, 4) is 0 Å². The van der Waals surface area contributed by atoms with Crippen LogP contribution in [0.1, 0.15) is 38.5 Å². The number of hydrogen-bond acceptors (Lipinski definition) is 3. The number of rotatable bonds is 3. The molecule has 0 bridgehead atoms. The number of furan rings is 1. The highest BCUT2D eigenvalue weighted by Crippen LogP contribution is 2.23. The normalized spacial score (nSPS) is 28.2. The van der Waals surface area contributed by atoms with Crippen LogP contribution in [0, 0.1) is 0 Å². The maximum atomic E-state index is 5.58. The lowest BCUT2D eigenvalue weighted by Gasteiger charge is -2.36. The molecule has 4 heteroatoms. The fraction of sp³-hybridized carbons (Fsp3) is 0.692. The van der Waals surface area contributed by atoms with E-state index in [1.807, 2.05) is 12.1 Å². The smallest absolute Gasteiger partial charge is 0.169 e. The Bertz CT molecular complexity index is 366. The van der Waals surface area contributed by atoms with E-state index in [0.717, 1.165) is 10.4 Å². The molecule has 17 heavy (non-hydrogen) atoms. The molecular weight excluding hydrogens is 280 g/mol. The van der Waals surface area contributed by atoms with Gasteiger partial charge in [0, 0.05) is 12.1 Å². The molecule has 1 saturated heterocycles. The SMILES string of the molecule is CC(NC1CCN(C)C(C)C1)c1ccc(Br)o1. The van der Waals surface area contributed by atoms with Crippen LogP contribution in [-0.4, -0.2) is 30.6 Å². The molecule has 0 aliphatic carbocycles. The van der Waals surface area contributed by atoms with E-state index in [-0.39, 0.29) is 6.04 Å².